The van der Waals surface area contributed by atoms with E-state index in [0.29, 0.717) is 6.04 Å². The molecule has 2 aromatic carbocycles. The minimum Gasteiger partial charge on any atom is -0.378 e. The molecule has 1 unspecified atom stereocenters. The minimum atomic E-state index is 0.380. The Labute approximate surface area is 123 Å². The van der Waals surface area contributed by atoms with E-state index in [1.165, 1.54) is 20.4 Å². The second-order valence-corrected chi connectivity index (χ2v) is 5.72. The second-order valence-electron chi connectivity index (χ2n) is 4.48. The molecule has 0 heterocycles. The number of nitrogens with one attached hydrogen (secondary N) is 1. The smallest absolute Gasteiger partial charge is 0.0511 e. The number of anilines is 1. The summed E-state index contributed by atoms with van der Waals surface area (Å²) in [4.78, 5) is 0. The molecule has 94 valence electrons. The highest BCUT2D eigenvalue weighted by atomic mass is 127. The van der Waals surface area contributed by atoms with Gasteiger partial charge >= 0.3 is 0 Å². The summed E-state index contributed by atoms with van der Waals surface area (Å²) in [6.07, 6.45) is 1.08. The van der Waals surface area contributed by atoms with Gasteiger partial charge in [0.25, 0.3) is 0 Å². The van der Waals surface area contributed by atoms with E-state index < -0.39 is 0 Å². The lowest BCUT2D eigenvalue weighted by Crippen LogP contribution is -2.10. The molecule has 2 heteroatoms. The Morgan fingerprint density at radius 2 is 1.83 bits per heavy atom. The summed E-state index contributed by atoms with van der Waals surface area (Å²) in [5.74, 6) is 0. The van der Waals surface area contributed by atoms with Crippen LogP contribution in [0.1, 0.15) is 30.5 Å². The first-order valence-electron chi connectivity index (χ1n) is 6.28. The first-order chi connectivity index (χ1) is 8.70. The average molecular weight is 351 g/mol. The fourth-order valence-corrected chi connectivity index (χ4v) is 2.73. The average Bonchev–Trinajstić information content (AvgIpc) is 2.39. The van der Waals surface area contributed by atoms with E-state index in [-0.39, 0.29) is 0 Å². The summed E-state index contributed by atoms with van der Waals surface area (Å²) < 4.78 is 1.28. The number of halogens is 1. The molecule has 0 aliphatic carbocycles. The highest BCUT2D eigenvalue weighted by Gasteiger charge is 2.09. The fourth-order valence-electron chi connectivity index (χ4n) is 2.08. The van der Waals surface area contributed by atoms with Crippen molar-refractivity contribution in [1.29, 1.82) is 0 Å². The SMILES string of the molecule is CCC(Nc1ccc(I)cc1C)c1ccccc1. The van der Waals surface area contributed by atoms with E-state index in [1.807, 2.05) is 0 Å². The highest BCUT2D eigenvalue weighted by molar-refractivity contribution is 14.1. The first kappa shape index (κ1) is 13.4. The number of benzene rings is 2. The van der Waals surface area contributed by atoms with Crippen LogP contribution in [-0.2, 0) is 0 Å². The summed E-state index contributed by atoms with van der Waals surface area (Å²) in [5.41, 5.74) is 3.88. The van der Waals surface area contributed by atoms with E-state index in [9.17, 15) is 0 Å². The molecular formula is C16H18IN. The molecule has 0 aromatic heterocycles. The summed E-state index contributed by atoms with van der Waals surface area (Å²) in [6, 6.07) is 17.5. The van der Waals surface area contributed by atoms with Gasteiger partial charge in [-0.15, -0.1) is 0 Å². The van der Waals surface area contributed by atoms with Crippen molar-refractivity contribution in [1.82, 2.24) is 0 Å². The largest absolute Gasteiger partial charge is 0.378 e. The molecule has 0 saturated carbocycles. The third-order valence-electron chi connectivity index (χ3n) is 3.13. The Hall–Kier alpha value is -1.03. The third-order valence-corrected chi connectivity index (χ3v) is 3.80. The Morgan fingerprint density at radius 3 is 2.44 bits per heavy atom. The van der Waals surface area contributed by atoms with Crippen molar-refractivity contribution in [3.8, 4) is 0 Å². The maximum atomic E-state index is 3.64. The molecule has 2 rings (SSSR count). The molecule has 0 bridgehead atoms. The maximum absolute atomic E-state index is 3.64. The predicted molar refractivity (Wildman–Crippen MR) is 87.0 cm³/mol. The molecule has 0 spiro atoms. The molecule has 1 N–H and O–H groups in total. The van der Waals surface area contributed by atoms with Crippen LogP contribution in [0.2, 0.25) is 0 Å². The van der Waals surface area contributed by atoms with Crippen molar-refractivity contribution >= 4 is 28.3 Å². The van der Waals surface area contributed by atoms with Crippen molar-refractivity contribution in [3.63, 3.8) is 0 Å². The lowest BCUT2D eigenvalue weighted by molar-refractivity contribution is 0.748. The molecular weight excluding hydrogens is 333 g/mol. The van der Waals surface area contributed by atoms with Gasteiger partial charge in [0.2, 0.25) is 0 Å². The molecule has 0 aliphatic heterocycles. The lowest BCUT2D eigenvalue weighted by Gasteiger charge is -2.20. The van der Waals surface area contributed by atoms with Gasteiger partial charge in [-0.05, 0) is 65.3 Å². The highest BCUT2D eigenvalue weighted by Crippen LogP contribution is 2.25. The summed E-state index contributed by atoms with van der Waals surface area (Å²) in [7, 11) is 0. The van der Waals surface area contributed by atoms with Gasteiger partial charge in [0, 0.05) is 9.26 Å². The van der Waals surface area contributed by atoms with Crippen LogP contribution >= 0.6 is 22.6 Å². The summed E-state index contributed by atoms with van der Waals surface area (Å²) in [5, 5.41) is 3.64. The van der Waals surface area contributed by atoms with Gasteiger partial charge in [0.15, 0.2) is 0 Å². The van der Waals surface area contributed by atoms with E-state index in [4.69, 9.17) is 0 Å². The number of rotatable bonds is 4. The standard InChI is InChI=1S/C16H18IN/c1-3-15(13-7-5-4-6-8-13)18-16-10-9-14(17)11-12(16)2/h4-11,15,18H,3H2,1-2H3. The Morgan fingerprint density at radius 1 is 1.11 bits per heavy atom. The monoisotopic (exact) mass is 351 g/mol. The Kier molecular flexibility index (Phi) is 4.64. The first-order valence-corrected chi connectivity index (χ1v) is 7.36. The van der Waals surface area contributed by atoms with E-state index in [1.54, 1.807) is 0 Å². The predicted octanol–water partition coefficient (Wildman–Crippen LogP) is 5.16. The molecule has 0 amide bonds. The number of aryl methyl sites for hydroxylation is 1. The van der Waals surface area contributed by atoms with Gasteiger partial charge in [0.1, 0.15) is 0 Å². The normalized spacial score (nSPS) is 12.2. The summed E-state index contributed by atoms with van der Waals surface area (Å²) >= 11 is 2.35. The zero-order valence-electron chi connectivity index (χ0n) is 10.8. The lowest BCUT2D eigenvalue weighted by atomic mass is 10.0. The van der Waals surface area contributed by atoms with E-state index >= 15 is 0 Å². The number of hydrogen-bond donors (Lipinski definition) is 1. The molecule has 1 nitrogen and oxygen atoms in total. The van der Waals surface area contributed by atoms with Crippen molar-refractivity contribution < 1.29 is 0 Å². The zero-order chi connectivity index (χ0) is 13.0. The van der Waals surface area contributed by atoms with Gasteiger partial charge in [0.05, 0.1) is 6.04 Å². The fraction of sp³-hybridized carbons (Fsp3) is 0.250. The van der Waals surface area contributed by atoms with Crippen LogP contribution in [0.5, 0.6) is 0 Å². The van der Waals surface area contributed by atoms with Crippen LogP contribution in [0.25, 0.3) is 0 Å². The quantitative estimate of drug-likeness (QED) is 0.750. The van der Waals surface area contributed by atoms with Crippen LogP contribution in [0, 0.1) is 10.5 Å². The van der Waals surface area contributed by atoms with Crippen LogP contribution in [0.4, 0.5) is 5.69 Å². The van der Waals surface area contributed by atoms with Gasteiger partial charge in [-0.25, -0.2) is 0 Å². The van der Waals surface area contributed by atoms with Crippen LogP contribution in [-0.4, -0.2) is 0 Å². The molecule has 0 radical (unpaired) electrons. The van der Waals surface area contributed by atoms with Crippen molar-refractivity contribution in [2.75, 3.05) is 5.32 Å². The van der Waals surface area contributed by atoms with Crippen molar-refractivity contribution in [2.45, 2.75) is 26.3 Å². The van der Waals surface area contributed by atoms with Gasteiger partial charge < -0.3 is 5.32 Å². The van der Waals surface area contributed by atoms with Crippen molar-refractivity contribution in [2.24, 2.45) is 0 Å². The molecule has 18 heavy (non-hydrogen) atoms. The number of hydrogen-bond acceptors (Lipinski definition) is 1. The van der Waals surface area contributed by atoms with E-state index in [0.717, 1.165) is 6.42 Å². The minimum absolute atomic E-state index is 0.380. The van der Waals surface area contributed by atoms with Crippen LogP contribution < -0.4 is 5.32 Å². The molecule has 1 atom stereocenters. The summed E-state index contributed by atoms with van der Waals surface area (Å²) in [6.45, 7) is 4.37. The van der Waals surface area contributed by atoms with Crippen LogP contribution in [0.15, 0.2) is 48.5 Å². The molecule has 0 fully saturated rings. The molecule has 0 saturated heterocycles. The maximum Gasteiger partial charge on any atom is 0.0511 e. The molecule has 0 aliphatic rings. The van der Waals surface area contributed by atoms with E-state index in [2.05, 4.69) is 90.3 Å². The second kappa shape index (κ2) is 6.23. The van der Waals surface area contributed by atoms with Gasteiger partial charge in [-0.2, -0.15) is 0 Å². The molecule has 2 aromatic rings. The topological polar surface area (TPSA) is 12.0 Å². The third kappa shape index (κ3) is 3.25. The Balaban J connectivity index is 2.21. The van der Waals surface area contributed by atoms with Crippen LogP contribution in [0.3, 0.4) is 0 Å². The van der Waals surface area contributed by atoms with Gasteiger partial charge in [-0.3, -0.25) is 0 Å². The van der Waals surface area contributed by atoms with Gasteiger partial charge in [-0.1, -0.05) is 37.3 Å². The van der Waals surface area contributed by atoms with Crippen molar-refractivity contribution in [3.05, 3.63) is 63.2 Å². The Bertz CT molecular complexity index is 508. The zero-order valence-corrected chi connectivity index (χ0v) is 12.9.